The molecule has 0 fully saturated rings. The van der Waals surface area contributed by atoms with Gasteiger partial charge in [-0.1, -0.05) is 24.8 Å². The van der Waals surface area contributed by atoms with Gasteiger partial charge in [0.15, 0.2) is 0 Å². The molecule has 0 aliphatic carbocycles. The van der Waals surface area contributed by atoms with Crippen LogP contribution < -0.4 is 10.2 Å². The van der Waals surface area contributed by atoms with Crippen molar-refractivity contribution in [3.05, 3.63) is 101 Å². The van der Waals surface area contributed by atoms with Crippen molar-refractivity contribution in [3.63, 3.8) is 0 Å². The summed E-state index contributed by atoms with van der Waals surface area (Å²) in [6, 6.07) is 16.8. The van der Waals surface area contributed by atoms with Crippen LogP contribution in [0.25, 0.3) is 0 Å². The summed E-state index contributed by atoms with van der Waals surface area (Å²) in [6.07, 6.45) is 1.21. The average Bonchev–Trinajstić information content (AvgIpc) is 3.24. The molecule has 0 saturated heterocycles. The zero-order valence-electron chi connectivity index (χ0n) is 15.1. The number of benzene rings is 2. The highest BCUT2D eigenvalue weighted by Gasteiger charge is 2.19. The van der Waals surface area contributed by atoms with E-state index >= 15 is 0 Å². The number of carbonyl (C=O) groups excluding carboxylic acids is 2. The molecule has 6 heteroatoms. The molecule has 0 atom stereocenters. The van der Waals surface area contributed by atoms with Crippen molar-refractivity contribution in [2.45, 2.75) is 13.1 Å². The summed E-state index contributed by atoms with van der Waals surface area (Å²) in [7, 11) is 0. The van der Waals surface area contributed by atoms with Crippen LogP contribution in [0.15, 0.2) is 78.7 Å². The Kier molecular flexibility index (Phi) is 6.34. The zero-order valence-corrected chi connectivity index (χ0v) is 15.9. The number of thiophene rings is 1. The Morgan fingerprint density at radius 2 is 1.79 bits per heavy atom. The highest BCUT2D eigenvalue weighted by Crippen LogP contribution is 2.23. The van der Waals surface area contributed by atoms with Gasteiger partial charge in [0.2, 0.25) is 5.91 Å². The van der Waals surface area contributed by atoms with Crippen molar-refractivity contribution in [3.8, 4) is 0 Å². The van der Waals surface area contributed by atoms with Crippen molar-refractivity contribution < 1.29 is 14.0 Å². The van der Waals surface area contributed by atoms with E-state index in [0.717, 1.165) is 10.4 Å². The molecule has 2 aromatic carbocycles. The molecule has 0 bridgehead atoms. The minimum atomic E-state index is -0.349. The highest BCUT2D eigenvalue weighted by atomic mass is 32.1. The van der Waals surface area contributed by atoms with Crippen molar-refractivity contribution in [1.29, 1.82) is 0 Å². The highest BCUT2D eigenvalue weighted by molar-refractivity contribution is 7.09. The maximum Gasteiger partial charge on any atom is 0.258 e. The predicted octanol–water partition coefficient (Wildman–Crippen LogP) is 4.54. The molecular weight excluding hydrogens is 375 g/mol. The predicted molar refractivity (Wildman–Crippen MR) is 110 cm³/mol. The second-order valence-electron chi connectivity index (χ2n) is 6.07. The lowest BCUT2D eigenvalue weighted by Crippen LogP contribution is -2.30. The number of amides is 2. The van der Waals surface area contributed by atoms with E-state index in [4.69, 9.17) is 0 Å². The number of nitrogens with one attached hydrogen (secondary N) is 1. The van der Waals surface area contributed by atoms with Crippen LogP contribution in [-0.4, -0.2) is 11.8 Å². The smallest absolute Gasteiger partial charge is 0.258 e. The Bertz CT molecular complexity index is 951. The fraction of sp³-hybridized carbons (Fsp3) is 0.0909. The largest absolute Gasteiger partial charge is 0.348 e. The Hall–Kier alpha value is -3.25. The maximum absolute atomic E-state index is 13.3. The van der Waals surface area contributed by atoms with Gasteiger partial charge in [0.05, 0.1) is 6.54 Å². The number of anilines is 1. The number of nitrogens with zero attached hydrogens (tertiary/aromatic N) is 1. The lowest BCUT2D eigenvalue weighted by atomic mass is 10.1. The van der Waals surface area contributed by atoms with Gasteiger partial charge in [-0.25, -0.2) is 4.39 Å². The van der Waals surface area contributed by atoms with Gasteiger partial charge < -0.3 is 10.2 Å². The number of halogens is 1. The third kappa shape index (κ3) is 4.92. The van der Waals surface area contributed by atoms with E-state index in [1.54, 1.807) is 52.6 Å². The van der Waals surface area contributed by atoms with Crippen LogP contribution in [-0.2, 0) is 17.9 Å². The summed E-state index contributed by atoms with van der Waals surface area (Å²) in [5, 5.41) is 4.65. The molecule has 2 amide bonds. The molecule has 4 nitrogen and oxygen atoms in total. The zero-order chi connectivity index (χ0) is 19.9. The van der Waals surface area contributed by atoms with Crippen molar-refractivity contribution in [2.75, 3.05) is 4.90 Å². The average molecular weight is 394 g/mol. The van der Waals surface area contributed by atoms with Gasteiger partial charge in [0.25, 0.3) is 5.91 Å². The van der Waals surface area contributed by atoms with Gasteiger partial charge in [0, 0.05) is 22.7 Å². The van der Waals surface area contributed by atoms with Gasteiger partial charge in [0.1, 0.15) is 5.82 Å². The third-order valence-electron chi connectivity index (χ3n) is 4.13. The Morgan fingerprint density at radius 3 is 2.39 bits per heavy atom. The molecule has 1 N–H and O–H groups in total. The summed E-state index contributed by atoms with van der Waals surface area (Å²) >= 11 is 1.56. The first-order valence-electron chi connectivity index (χ1n) is 8.66. The normalized spacial score (nSPS) is 10.3. The molecule has 0 aliphatic rings. The van der Waals surface area contributed by atoms with Gasteiger partial charge >= 0.3 is 0 Å². The van der Waals surface area contributed by atoms with Gasteiger partial charge in [-0.3, -0.25) is 9.59 Å². The molecule has 0 spiro atoms. The standard InChI is InChI=1S/C22H19FN2O2S/c1-2-21(26)24-14-16-5-7-17(8-6-16)22(27)25(15-20-4-3-13-28-20)19-11-9-18(23)10-12-19/h2-13H,1,14-15H2,(H,24,26). The molecule has 1 aromatic heterocycles. The molecule has 0 unspecified atom stereocenters. The second kappa shape index (κ2) is 9.10. The second-order valence-corrected chi connectivity index (χ2v) is 7.10. The molecular formula is C22H19FN2O2S. The molecule has 0 radical (unpaired) electrons. The van der Waals surface area contributed by atoms with Crippen LogP contribution >= 0.6 is 11.3 Å². The Balaban J connectivity index is 1.81. The van der Waals surface area contributed by atoms with Gasteiger partial charge in [-0.05, 0) is 59.5 Å². The minimum absolute atomic E-state index is 0.179. The monoisotopic (exact) mass is 394 g/mol. The van der Waals surface area contributed by atoms with Gasteiger partial charge in [-0.2, -0.15) is 0 Å². The minimum Gasteiger partial charge on any atom is -0.348 e. The SMILES string of the molecule is C=CC(=O)NCc1ccc(C(=O)N(Cc2cccs2)c2ccc(F)cc2)cc1. The summed E-state index contributed by atoms with van der Waals surface area (Å²) in [6.45, 7) is 4.17. The van der Waals surface area contributed by atoms with Crippen LogP contribution in [0.4, 0.5) is 10.1 Å². The topological polar surface area (TPSA) is 49.4 Å². The first-order chi connectivity index (χ1) is 13.6. The van der Waals surface area contributed by atoms with Crippen LogP contribution in [0.3, 0.4) is 0 Å². The number of hydrogen-bond donors (Lipinski definition) is 1. The number of carbonyl (C=O) groups is 2. The lowest BCUT2D eigenvalue weighted by molar-refractivity contribution is -0.116. The maximum atomic E-state index is 13.3. The van der Waals surface area contributed by atoms with E-state index in [1.807, 2.05) is 17.5 Å². The third-order valence-corrected chi connectivity index (χ3v) is 4.99. The quantitative estimate of drug-likeness (QED) is 0.598. The van der Waals surface area contributed by atoms with E-state index < -0.39 is 0 Å². The van der Waals surface area contributed by atoms with E-state index in [0.29, 0.717) is 24.3 Å². The summed E-state index contributed by atoms with van der Waals surface area (Å²) < 4.78 is 13.3. The number of rotatable bonds is 7. The van der Waals surface area contributed by atoms with Crippen LogP contribution in [0.5, 0.6) is 0 Å². The molecule has 1 heterocycles. The number of hydrogen-bond acceptors (Lipinski definition) is 3. The van der Waals surface area contributed by atoms with E-state index in [2.05, 4.69) is 11.9 Å². The fourth-order valence-corrected chi connectivity index (χ4v) is 3.33. The summed E-state index contributed by atoms with van der Waals surface area (Å²) in [5.74, 6) is -0.779. The lowest BCUT2D eigenvalue weighted by Gasteiger charge is -2.22. The van der Waals surface area contributed by atoms with Crippen molar-refractivity contribution in [1.82, 2.24) is 5.32 Å². The molecule has 0 saturated carbocycles. The molecule has 0 aliphatic heterocycles. The van der Waals surface area contributed by atoms with Crippen LogP contribution in [0.1, 0.15) is 20.8 Å². The van der Waals surface area contributed by atoms with Crippen LogP contribution in [0.2, 0.25) is 0 Å². The van der Waals surface area contributed by atoms with Crippen molar-refractivity contribution in [2.24, 2.45) is 0 Å². The first-order valence-corrected chi connectivity index (χ1v) is 9.54. The Labute approximate surface area is 166 Å². The fourth-order valence-electron chi connectivity index (χ4n) is 2.64. The van der Waals surface area contributed by atoms with E-state index in [-0.39, 0.29) is 17.6 Å². The molecule has 142 valence electrons. The Morgan fingerprint density at radius 1 is 1.07 bits per heavy atom. The molecule has 3 rings (SSSR count). The van der Waals surface area contributed by atoms with E-state index in [9.17, 15) is 14.0 Å². The molecule has 3 aromatic rings. The summed E-state index contributed by atoms with van der Waals surface area (Å²) in [4.78, 5) is 27.1. The first kappa shape index (κ1) is 19.5. The molecule has 28 heavy (non-hydrogen) atoms. The van der Waals surface area contributed by atoms with Crippen molar-refractivity contribution >= 4 is 28.8 Å². The van der Waals surface area contributed by atoms with Crippen LogP contribution in [0, 0.1) is 5.82 Å². The van der Waals surface area contributed by atoms with Gasteiger partial charge in [-0.15, -0.1) is 11.3 Å². The van der Waals surface area contributed by atoms with E-state index in [1.165, 1.54) is 18.2 Å². The summed E-state index contributed by atoms with van der Waals surface area (Å²) in [5.41, 5.74) is 2.01.